The zero-order valence-electron chi connectivity index (χ0n) is 18.3. The zero-order chi connectivity index (χ0) is 25.3. The Kier molecular flexibility index (Phi) is 7.52. The van der Waals surface area contributed by atoms with E-state index in [2.05, 4.69) is 0 Å². The largest absolute Gasteiger partial charge is 0.478 e. The minimum atomic E-state index is -1.73. The maximum atomic E-state index is 12.4. The quantitative estimate of drug-likeness (QED) is 0.190. The van der Waals surface area contributed by atoms with Crippen LogP contribution in [-0.2, 0) is 23.7 Å². The number of carbonyl (C=O) groups is 2. The van der Waals surface area contributed by atoms with Crippen LogP contribution in [0.2, 0.25) is 0 Å². The van der Waals surface area contributed by atoms with E-state index in [1.54, 1.807) is 30.3 Å². The van der Waals surface area contributed by atoms with Crippen molar-refractivity contribution in [2.24, 2.45) is 11.8 Å². The highest BCUT2D eigenvalue weighted by atomic mass is 16.8. The van der Waals surface area contributed by atoms with Crippen LogP contribution in [0.5, 0.6) is 0 Å². The molecule has 1 fully saturated rings. The van der Waals surface area contributed by atoms with E-state index in [9.17, 15) is 40.2 Å². The van der Waals surface area contributed by atoms with Gasteiger partial charge in [0.05, 0.1) is 36.0 Å². The van der Waals surface area contributed by atoms with Crippen molar-refractivity contribution in [1.82, 2.24) is 0 Å². The van der Waals surface area contributed by atoms with Crippen molar-refractivity contribution in [3.63, 3.8) is 0 Å². The number of carbonyl (C=O) groups excluding carboxylic acids is 1. The van der Waals surface area contributed by atoms with Crippen molar-refractivity contribution in [1.29, 1.82) is 0 Å². The number of fused-ring (bicyclic) bond motifs is 1. The highest BCUT2D eigenvalue weighted by molar-refractivity contribution is 5.89. The number of carboxylic acid groups (broad SMARTS) is 1. The van der Waals surface area contributed by atoms with E-state index in [0.717, 1.165) is 6.26 Å². The number of hydrogen-bond acceptors (Lipinski definition) is 11. The molecule has 0 saturated carbocycles. The molecule has 9 atom stereocenters. The molecule has 0 bridgehead atoms. The molecule has 12 heteroatoms. The summed E-state index contributed by atoms with van der Waals surface area (Å²) in [7, 11) is 0. The van der Waals surface area contributed by atoms with Gasteiger partial charge in [-0.1, -0.05) is 24.3 Å². The average Bonchev–Trinajstić information content (AvgIpc) is 3.19. The fourth-order valence-electron chi connectivity index (χ4n) is 4.47. The standard InChI is InChI=1S/C23H26O12/c24-7-14-17(26)18(27)19(28)23(34-14)35-22-15-11(8-32-21(31)10-4-2-1-3-5-10)6-13(25)16(15)12(9-33-22)20(29)30/h1-6,9,13-19,22-28H,7-8H2,(H,29,30)/t13-,14+,15+,16-,17+,18-,19+,22-,23-/m0/s1. The summed E-state index contributed by atoms with van der Waals surface area (Å²) in [5.41, 5.74) is 0.369. The van der Waals surface area contributed by atoms with Gasteiger partial charge in [0.1, 0.15) is 31.0 Å². The van der Waals surface area contributed by atoms with Crippen LogP contribution in [0.1, 0.15) is 10.4 Å². The van der Waals surface area contributed by atoms with Gasteiger partial charge >= 0.3 is 11.9 Å². The van der Waals surface area contributed by atoms with Crippen LogP contribution in [0.4, 0.5) is 0 Å². The molecular weight excluding hydrogens is 468 g/mol. The summed E-state index contributed by atoms with van der Waals surface area (Å²) in [6.45, 7) is -0.985. The molecule has 0 radical (unpaired) electrons. The second-order valence-corrected chi connectivity index (χ2v) is 8.44. The molecule has 1 aliphatic carbocycles. The molecule has 1 saturated heterocycles. The van der Waals surface area contributed by atoms with E-state index < -0.39 is 73.5 Å². The van der Waals surface area contributed by atoms with Crippen LogP contribution in [0.25, 0.3) is 0 Å². The predicted octanol–water partition coefficient (Wildman–Crippen LogP) is -1.48. The number of rotatable bonds is 7. The van der Waals surface area contributed by atoms with Crippen LogP contribution in [0.15, 0.2) is 53.8 Å². The third-order valence-electron chi connectivity index (χ3n) is 6.29. The van der Waals surface area contributed by atoms with E-state index in [1.807, 2.05) is 0 Å². The molecule has 1 aromatic carbocycles. The lowest BCUT2D eigenvalue weighted by Gasteiger charge is -2.43. The first-order chi connectivity index (χ1) is 16.7. The van der Waals surface area contributed by atoms with Crippen molar-refractivity contribution in [2.45, 2.75) is 43.1 Å². The van der Waals surface area contributed by atoms with Crippen molar-refractivity contribution in [3.05, 3.63) is 59.4 Å². The van der Waals surface area contributed by atoms with E-state index in [1.165, 1.54) is 6.08 Å². The lowest BCUT2D eigenvalue weighted by Crippen LogP contribution is -2.60. The summed E-state index contributed by atoms with van der Waals surface area (Å²) in [5, 5.41) is 59.9. The van der Waals surface area contributed by atoms with Crippen LogP contribution in [-0.4, -0.2) is 98.9 Å². The highest BCUT2D eigenvalue weighted by Gasteiger charge is 2.52. The third-order valence-corrected chi connectivity index (χ3v) is 6.29. The molecule has 6 N–H and O–H groups in total. The van der Waals surface area contributed by atoms with Crippen molar-refractivity contribution in [2.75, 3.05) is 13.2 Å². The van der Waals surface area contributed by atoms with Gasteiger partial charge in [-0.25, -0.2) is 9.59 Å². The topological polar surface area (TPSA) is 192 Å². The number of ether oxygens (including phenoxy) is 4. The van der Waals surface area contributed by atoms with Crippen LogP contribution in [0.3, 0.4) is 0 Å². The number of carboxylic acids is 1. The first kappa shape index (κ1) is 25.3. The SMILES string of the molecule is O=C(O)C1=CO[C@@H](O[C@@H]2O[C@H](CO)[C@@H](O)[C@H](O)[C@H]2O)[C@@H]2C(COC(=O)c3ccccc3)=C[C@H](O)[C@H]12. The van der Waals surface area contributed by atoms with Gasteiger partial charge in [0.15, 0.2) is 6.29 Å². The van der Waals surface area contributed by atoms with Crippen molar-refractivity contribution in [3.8, 4) is 0 Å². The molecule has 12 nitrogen and oxygen atoms in total. The van der Waals surface area contributed by atoms with Crippen LogP contribution in [0, 0.1) is 11.8 Å². The van der Waals surface area contributed by atoms with E-state index in [-0.39, 0.29) is 12.2 Å². The van der Waals surface area contributed by atoms with E-state index >= 15 is 0 Å². The molecule has 0 spiro atoms. The molecule has 0 amide bonds. The Morgan fingerprint density at radius 2 is 1.66 bits per heavy atom. The molecular formula is C23H26O12. The van der Waals surface area contributed by atoms with Crippen molar-refractivity contribution >= 4 is 11.9 Å². The summed E-state index contributed by atoms with van der Waals surface area (Å²) in [4.78, 5) is 24.1. The van der Waals surface area contributed by atoms with Crippen molar-refractivity contribution < 1.29 is 59.2 Å². The third kappa shape index (κ3) is 4.95. The lowest BCUT2D eigenvalue weighted by molar-refractivity contribution is -0.340. The minimum Gasteiger partial charge on any atom is -0.478 e. The molecule has 190 valence electrons. The van der Waals surface area contributed by atoms with Gasteiger partial charge < -0.3 is 49.6 Å². The van der Waals surface area contributed by atoms with Gasteiger partial charge in [-0.15, -0.1) is 0 Å². The fraction of sp³-hybridized carbons (Fsp3) is 0.478. The highest BCUT2D eigenvalue weighted by Crippen LogP contribution is 2.44. The number of benzene rings is 1. The Bertz CT molecular complexity index is 989. The number of aliphatic hydroxyl groups excluding tert-OH is 5. The summed E-state index contributed by atoms with van der Waals surface area (Å²) in [6, 6.07) is 8.17. The summed E-state index contributed by atoms with van der Waals surface area (Å²) in [5.74, 6) is -3.96. The molecule has 3 aliphatic rings. The fourth-order valence-corrected chi connectivity index (χ4v) is 4.47. The Labute approximate surface area is 199 Å². The van der Waals surface area contributed by atoms with Crippen LogP contribution >= 0.6 is 0 Å². The van der Waals surface area contributed by atoms with Gasteiger partial charge in [0, 0.05) is 5.92 Å². The number of aliphatic carboxylic acids is 1. The first-order valence-corrected chi connectivity index (χ1v) is 10.9. The second kappa shape index (κ2) is 10.4. The number of esters is 1. The number of hydrogen-bond donors (Lipinski definition) is 6. The molecule has 0 aromatic heterocycles. The van der Waals surface area contributed by atoms with E-state index in [0.29, 0.717) is 11.1 Å². The summed E-state index contributed by atoms with van der Waals surface area (Å²) < 4.78 is 21.9. The summed E-state index contributed by atoms with van der Waals surface area (Å²) >= 11 is 0. The molecule has 35 heavy (non-hydrogen) atoms. The maximum absolute atomic E-state index is 12.4. The zero-order valence-corrected chi connectivity index (χ0v) is 18.3. The Morgan fingerprint density at radius 1 is 0.943 bits per heavy atom. The first-order valence-electron chi connectivity index (χ1n) is 10.9. The molecule has 4 rings (SSSR count). The van der Waals surface area contributed by atoms with Gasteiger partial charge in [0.2, 0.25) is 6.29 Å². The Hall–Kier alpha value is -2.84. The van der Waals surface area contributed by atoms with Gasteiger partial charge in [-0.2, -0.15) is 0 Å². The van der Waals surface area contributed by atoms with Gasteiger partial charge in [-0.05, 0) is 17.7 Å². The van der Waals surface area contributed by atoms with Crippen LogP contribution < -0.4 is 0 Å². The van der Waals surface area contributed by atoms with Gasteiger partial charge in [0.25, 0.3) is 0 Å². The predicted molar refractivity (Wildman–Crippen MR) is 113 cm³/mol. The molecule has 2 aliphatic heterocycles. The normalized spacial score (nSPS) is 36.4. The molecule has 2 heterocycles. The Morgan fingerprint density at radius 3 is 2.31 bits per heavy atom. The van der Waals surface area contributed by atoms with E-state index in [4.69, 9.17) is 18.9 Å². The Balaban J connectivity index is 1.55. The second-order valence-electron chi connectivity index (χ2n) is 8.44. The van der Waals surface area contributed by atoms with Gasteiger partial charge in [-0.3, -0.25) is 0 Å². The lowest BCUT2D eigenvalue weighted by atomic mass is 9.82. The molecule has 0 unspecified atom stereocenters. The monoisotopic (exact) mass is 494 g/mol. The maximum Gasteiger partial charge on any atom is 0.338 e. The summed E-state index contributed by atoms with van der Waals surface area (Å²) in [6.07, 6.45) is -8.17. The smallest absolute Gasteiger partial charge is 0.338 e. The molecule has 1 aromatic rings. The average molecular weight is 494 g/mol. The number of aliphatic hydroxyl groups is 5. The minimum absolute atomic E-state index is 0.239.